The maximum Gasteiger partial charge on any atom is 0.323 e. The summed E-state index contributed by atoms with van der Waals surface area (Å²) in [5.74, 6) is -0.297. The van der Waals surface area contributed by atoms with Gasteiger partial charge in [0.2, 0.25) is 0 Å². The molecule has 1 aliphatic rings. The lowest BCUT2D eigenvalue weighted by Crippen LogP contribution is -2.33. The van der Waals surface area contributed by atoms with E-state index in [1.807, 2.05) is 24.3 Å². The second kappa shape index (κ2) is 4.42. The van der Waals surface area contributed by atoms with Crippen LogP contribution in [0.5, 0.6) is 0 Å². The van der Waals surface area contributed by atoms with Crippen molar-refractivity contribution in [2.24, 2.45) is 0 Å². The summed E-state index contributed by atoms with van der Waals surface area (Å²) in [6, 6.07) is 9.37. The lowest BCUT2D eigenvalue weighted by atomic mass is 10.1. The highest BCUT2D eigenvalue weighted by Gasteiger charge is 2.31. The number of hydrogen-bond donors (Lipinski definition) is 2. The summed E-state index contributed by atoms with van der Waals surface area (Å²) in [6.07, 6.45) is 1.95. The SMILES string of the molecule is O=C(O)CN(c1cc2ccccc2c(=O)[nH]1)C1CC1. The average molecular weight is 258 g/mol. The van der Waals surface area contributed by atoms with Gasteiger partial charge in [-0.25, -0.2) is 0 Å². The summed E-state index contributed by atoms with van der Waals surface area (Å²) in [7, 11) is 0. The molecule has 2 aromatic rings. The summed E-state index contributed by atoms with van der Waals surface area (Å²) in [4.78, 5) is 27.5. The molecule has 1 aromatic carbocycles. The summed E-state index contributed by atoms with van der Waals surface area (Å²) in [6.45, 7) is -0.0844. The third-order valence-corrected chi connectivity index (χ3v) is 3.34. The van der Waals surface area contributed by atoms with E-state index in [1.165, 1.54) is 0 Å². The molecule has 0 saturated heterocycles. The van der Waals surface area contributed by atoms with Crippen LogP contribution in [0.3, 0.4) is 0 Å². The van der Waals surface area contributed by atoms with Crippen molar-refractivity contribution in [3.05, 3.63) is 40.7 Å². The van der Waals surface area contributed by atoms with Crippen LogP contribution in [0.2, 0.25) is 0 Å². The van der Waals surface area contributed by atoms with Gasteiger partial charge in [0.15, 0.2) is 0 Å². The van der Waals surface area contributed by atoms with E-state index in [4.69, 9.17) is 5.11 Å². The molecule has 0 unspecified atom stereocenters. The standard InChI is InChI=1S/C14H14N2O3/c17-13(18)8-16(10-5-6-10)12-7-9-3-1-2-4-11(9)14(19)15-12/h1-4,7,10H,5-6,8H2,(H,15,19)(H,17,18). The van der Waals surface area contributed by atoms with E-state index in [-0.39, 0.29) is 18.1 Å². The van der Waals surface area contributed by atoms with E-state index >= 15 is 0 Å². The fraction of sp³-hybridized carbons (Fsp3) is 0.286. The molecule has 0 radical (unpaired) electrons. The van der Waals surface area contributed by atoms with Gasteiger partial charge in [-0.15, -0.1) is 0 Å². The van der Waals surface area contributed by atoms with Crippen molar-refractivity contribution in [1.29, 1.82) is 0 Å². The number of benzene rings is 1. The molecule has 19 heavy (non-hydrogen) atoms. The number of fused-ring (bicyclic) bond motifs is 1. The van der Waals surface area contributed by atoms with Gasteiger partial charge in [0, 0.05) is 11.4 Å². The number of rotatable bonds is 4. The van der Waals surface area contributed by atoms with Gasteiger partial charge in [-0.1, -0.05) is 18.2 Å². The third kappa shape index (κ3) is 2.31. The highest BCUT2D eigenvalue weighted by Crippen LogP contribution is 2.30. The Morgan fingerprint density at radius 1 is 1.37 bits per heavy atom. The molecule has 0 aliphatic heterocycles. The number of carboxylic acids is 1. The van der Waals surface area contributed by atoms with Crippen LogP contribution in [0.4, 0.5) is 5.82 Å². The van der Waals surface area contributed by atoms with Crippen LogP contribution in [0.1, 0.15) is 12.8 Å². The zero-order chi connectivity index (χ0) is 13.4. The van der Waals surface area contributed by atoms with Crippen molar-refractivity contribution in [2.45, 2.75) is 18.9 Å². The Labute approximate surface area is 109 Å². The predicted molar refractivity (Wildman–Crippen MR) is 72.6 cm³/mol. The third-order valence-electron chi connectivity index (χ3n) is 3.34. The van der Waals surface area contributed by atoms with Crippen LogP contribution in [-0.2, 0) is 4.79 Å². The summed E-state index contributed by atoms with van der Waals surface area (Å²) >= 11 is 0. The molecule has 5 heteroatoms. The first-order valence-electron chi connectivity index (χ1n) is 6.25. The molecular formula is C14H14N2O3. The topological polar surface area (TPSA) is 73.4 Å². The second-order valence-electron chi connectivity index (χ2n) is 4.82. The molecule has 1 aliphatic carbocycles. The molecule has 5 nitrogen and oxygen atoms in total. The minimum Gasteiger partial charge on any atom is -0.480 e. The zero-order valence-electron chi connectivity index (χ0n) is 10.3. The van der Waals surface area contributed by atoms with Gasteiger partial charge in [0.25, 0.3) is 5.56 Å². The van der Waals surface area contributed by atoms with Gasteiger partial charge in [0.05, 0.1) is 0 Å². The Hall–Kier alpha value is -2.30. The quantitative estimate of drug-likeness (QED) is 0.873. The van der Waals surface area contributed by atoms with E-state index in [1.54, 1.807) is 11.0 Å². The first kappa shape index (κ1) is 11.8. The van der Waals surface area contributed by atoms with Gasteiger partial charge >= 0.3 is 5.97 Å². The molecule has 1 saturated carbocycles. The van der Waals surface area contributed by atoms with Gasteiger partial charge in [-0.2, -0.15) is 0 Å². The predicted octanol–water partition coefficient (Wildman–Crippen LogP) is 1.58. The fourth-order valence-electron chi connectivity index (χ4n) is 2.29. The highest BCUT2D eigenvalue weighted by atomic mass is 16.4. The number of aromatic nitrogens is 1. The number of anilines is 1. The number of H-pyrrole nitrogens is 1. The smallest absolute Gasteiger partial charge is 0.323 e. The molecule has 2 N–H and O–H groups in total. The maximum absolute atomic E-state index is 12.0. The minimum atomic E-state index is -0.888. The monoisotopic (exact) mass is 258 g/mol. The lowest BCUT2D eigenvalue weighted by molar-refractivity contribution is -0.135. The fourth-order valence-corrected chi connectivity index (χ4v) is 2.29. The van der Waals surface area contributed by atoms with Gasteiger partial charge in [-0.3, -0.25) is 9.59 Å². The molecule has 0 atom stereocenters. The van der Waals surface area contributed by atoms with Crippen LogP contribution < -0.4 is 10.5 Å². The summed E-state index contributed by atoms with van der Waals surface area (Å²) < 4.78 is 0. The average Bonchev–Trinajstić information content (AvgIpc) is 3.20. The Morgan fingerprint density at radius 2 is 2.11 bits per heavy atom. The van der Waals surface area contributed by atoms with Gasteiger partial charge < -0.3 is 15.0 Å². The molecule has 98 valence electrons. The van der Waals surface area contributed by atoms with Crippen LogP contribution in [0, 0.1) is 0 Å². The van der Waals surface area contributed by atoms with E-state index < -0.39 is 5.97 Å². The molecule has 1 aromatic heterocycles. The number of aliphatic carboxylic acids is 1. The Balaban J connectivity index is 2.08. The van der Waals surface area contributed by atoms with Crippen molar-refractivity contribution >= 4 is 22.6 Å². The van der Waals surface area contributed by atoms with E-state index in [0.717, 1.165) is 18.2 Å². The number of carbonyl (C=O) groups is 1. The number of aromatic amines is 1. The zero-order valence-corrected chi connectivity index (χ0v) is 10.3. The summed E-state index contributed by atoms with van der Waals surface area (Å²) in [5.41, 5.74) is -0.177. The Bertz CT molecular complexity index is 688. The number of pyridine rings is 1. The van der Waals surface area contributed by atoms with E-state index in [9.17, 15) is 9.59 Å². The maximum atomic E-state index is 12.0. The first-order valence-corrected chi connectivity index (χ1v) is 6.25. The van der Waals surface area contributed by atoms with Crippen LogP contribution >= 0.6 is 0 Å². The first-order chi connectivity index (χ1) is 9.15. The summed E-state index contributed by atoms with van der Waals surface area (Å²) in [5, 5.41) is 10.4. The molecule has 0 amide bonds. The number of carboxylic acid groups (broad SMARTS) is 1. The second-order valence-corrected chi connectivity index (χ2v) is 4.82. The Kier molecular flexibility index (Phi) is 2.74. The molecule has 0 bridgehead atoms. The molecule has 0 spiro atoms. The highest BCUT2D eigenvalue weighted by molar-refractivity contribution is 5.84. The minimum absolute atomic E-state index is 0.0844. The van der Waals surface area contributed by atoms with Crippen molar-refractivity contribution < 1.29 is 9.90 Å². The van der Waals surface area contributed by atoms with E-state index in [0.29, 0.717) is 11.2 Å². The number of nitrogens with zero attached hydrogens (tertiary/aromatic N) is 1. The van der Waals surface area contributed by atoms with Gasteiger partial charge in [-0.05, 0) is 30.4 Å². The molecule has 1 fully saturated rings. The van der Waals surface area contributed by atoms with Crippen LogP contribution in [0.25, 0.3) is 10.8 Å². The number of nitrogens with one attached hydrogen (secondary N) is 1. The van der Waals surface area contributed by atoms with Crippen LogP contribution in [0.15, 0.2) is 35.1 Å². The molecule has 3 rings (SSSR count). The normalized spacial score (nSPS) is 14.5. The largest absolute Gasteiger partial charge is 0.480 e. The van der Waals surface area contributed by atoms with Crippen molar-refractivity contribution in [3.63, 3.8) is 0 Å². The van der Waals surface area contributed by atoms with E-state index in [2.05, 4.69) is 4.98 Å². The van der Waals surface area contributed by atoms with Crippen LogP contribution in [-0.4, -0.2) is 28.6 Å². The molecule has 1 heterocycles. The molecular weight excluding hydrogens is 244 g/mol. The lowest BCUT2D eigenvalue weighted by Gasteiger charge is -2.22. The van der Waals surface area contributed by atoms with Crippen molar-refractivity contribution in [3.8, 4) is 0 Å². The van der Waals surface area contributed by atoms with Gasteiger partial charge in [0.1, 0.15) is 12.4 Å². The van der Waals surface area contributed by atoms with Crippen molar-refractivity contribution in [2.75, 3.05) is 11.4 Å². The van der Waals surface area contributed by atoms with Crippen molar-refractivity contribution in [1.82, 2.24) is 4.98 Å². The Morgan fingerprint density at radius 3 is 2.79 bits per heavy atom. The number of hydrogen-bond acceptors (Lipinski definition) is 3.